The third-order valence-corrected chi connectivity index (χ3v) is 5.29. The van der Waals surface area contributed by atoms with Gasteiger partial charge in [-0.2, -0.15) is 0 Å². The first-order valence-corrected chi connectivity index (χ1v) is 8.71. The number of thiophene rings is 1. The van der Waals surface area contributed by atoms with E-state index >= 15 is 0 Å². The van der Waals surface area contributed by atoms with Crippen molar-refractivity contribution < 1.29 is 5.11 Å². The number of hydrogen-bond donors (Lipinski definition) is 1. The smallest absolute Gasteiger partial charge is 0.0771 e. The lowest BCUT2D eigenvalue weighted by atomic mass is 9.75. The fraction of sp³-hybridized carbons (Fsp3) is 0.667. The average molecular weight is 305 g/mol. The lowest BCUT2D eigenvalue weighted by molar-refractivity contribution is 0.109. The molecule has 0 aliphatic carbocycles. The molecule has 1 aromatic heterocycles. The van der Waals surface area contributed by atoms with Crippen molar-refractivity contribution in [1.82, 2.24) is 4.90 Å². The van der Waals surface area contributed by atoms with Crippen molar-refractivity contribution in [3.05, 3.63) is 21.9 Å². The van der Waals surface area contributed by atoms with Gasteiger partial charge in [-0.15, -0.1) is 11.3 Å². The van der Waals surface area contributed by atoms with E-state index in [1.807, 2.05) is 0 Å². The summed E-state index contributed by atoms with van der Waals surface area (Å²) in [7, 11) is 0. The number of likely N-dealkylation sites (tertiary alicyclic amines) is 1. The number of piperidine rings is 1. The normalized spacial score (nSPS) is 17.5. The Morgan fingerprint density at radius 3 is 2.62 bits per heavy atom. The molecule has 21 heavy (non-hydrogen) atoms. The highest BCUT2D eigenvalue weighted by Crippen LogP contribution is 2.34. The first-order chi connectivity index (χ1) is 9.99. The molecular formula is C18H27NOS. The van der Waals surface area contributed by atoms with Gasteiger partial charge in [-0.1, -0.05) is 32.6 Å². The van der Waals surface area contributed by atoms with Crippen LogP contribution in [-0.4, -0.2) is 29.7 Å². The zero-order valence-electron chi connectivity index (χ0n) is 13.5. The van der Waals surface area contributed by atoms with Crippen LogP contribution in [0.3, 0.4) is 0 Å². The van der Waals surface area contributed by atoms with Crippen LogP contribution in [0.1, 0.15) is 49.8 Å². The Hall–Kier alpha value is -0.820. The minimum Gasteiger partial charge on any atom is -0.395 e. The van der Waals surface area contributed by atoms with E-state index in [1.165, 1.54) is 30.8 Å². The summed E-state index contributed by atoms with van der Waals surface area (Å²) in [5, 5.41) is 8.74. The zero-order valence-corrected chi connectivity index (χ0v) is 14.3. The van der Waals surface area contributed by atoms with Crippen LogP contribution in [0.2, 0.25) is 0 Å². The highest BCUT2D eigenvalue weighted by molar-refractivity contribution is 7.12. The predicted molar refractivity (Wildman–Crippen MR) is 90.4 cm³/mol. The van der Waals surface area contributed by atoms with Gasteiger partial charge >= 0.3 is 0 Å². The second-order valence-corrected chi connectivity index (χ2v) is 8.13. The van der Waals surface area contributed by atoms with Crippen LogP contribution in [-0.2, 0) is 6.54 Å². The Balaban J connectivity index is 1.83. The van der Waals surface area contributed by atoms with Crippen molar-refractivity contribution in [3.8, 4) is 11.8 Å². The van der Waals surface area contributed by atoms with E-state index in [0.29, 0.717) is 11.8 Å². The van der Waals surface area contributed by atoms with E-state index in [-0.39, 0.29) is 6.61 Å². The van der Waals surface area contributed by atoms with Gasteiger partial charge in [0.15, 0.2) is 0 Å². The Kier molecular flexibility index (Phi) is 5.87. The number of nitrogens with zero attached hydrogens (tertiary/aromatic N) is 1. The van der Waals surface area contributed by atoms with Crippen molar-refractivity contribution in [2.75, 3.05) is 19.7 Å². The minimum absolute atomic E-state index is 0.147. The standard InChI is InChI=1S/C18H27NOS/c1-18(2,3)15-9-11-19(12-10-15)14-17-8-7-16(21-17)6-4-5-13-20/h7-8,15,20H,5,9-14H2,1-3H3. The SMILES string of the molecule is CC(C)(C)C1CCN(Cc2ccc(C#CCCO)s2)CC1. The molecule has 116 valence electrons. The van der Waals surface area contributed by atoms with Gasteiger partial charge in [-0.3, -0.25) is 4.90 Å². The van der Waals surface area contributed by atoms with Crippen LogP contribution >= 0.6 is 11.3 Å². The van der Waals surface area contributed by atoms with Gasteiger partial charge in [0, 0.05) is 17.8 Å². The molecule has 0 bridgehead atoms. The van der Waals surface area contributed by atoms with Crippen molar-refractivity contribution >= 4 is 11.3 Å². The summed E-state index contributed by atoms with van der Waals surface area (Å²) in [4.78, 5) is 5.08. The molecule has 1 N–H and O–H groups in total. The molecule has 1 fully saturated rings. The molecule has 3 heteroatoms. The maximum atomic E-state index is 8.74. The lowest BCUT2D eigenvalue weighted by Crippen LogP contribution is -2.37. The molecule has 1 aliphatic heterocycles. The molecule has 0 unspecified atom stereocenters. The molecule has 2 nitrogen and oxygen atoms in total. The van der Waals surface area contributed by atoms with Crippen LogP contribution < -0.4 is 0 Å². The summed E-state index contributed by atoms with van der Waals surface area (Å²) in [6, 6.07) is 4.30. The highest BCUT2D eigenvalue weighted by Gasteiger charge is 2.28. The summed E-state index contributed by atoms with van der Waals surface area (Å²) in [6.07, 6.45) is 3.20. The Labute approximate surface area is 133 Å². The Morgan fingerprint density at radius 1 is 1.29 bits per heavy atom. The van der Waals surface area contributed by atoms with Crippen molar-refractivity contribution in [2.24, 2.45) is 11.3 Å². The lowest BCUT2D eigenvalue weighted by Gasteiger charge is -2.38. The number of aliphatic hydroxyl groups is 1. The monoisotopic (exact) mass is 305 g/mol. The molecule has 0 aromatic carbocycles. The fourth-order valence-corrected chi connectivity index (χ4v) is 3.84. The Bertz CT molecular complexity index is 495. The topological polar surface area (TPSA) is 23.5 Å². The number of aliphatic hydroxyl groups excluding tert-OH is 1. The molecule has 0 atom stereocenters. The summed E-state index contributed by atoms with van der Waals surface area (Å²) >= 11 is 1.79. The zero-order chi connectivity index (χ0) is 15.3. The number of rotatable bonds is 3. The Morgan fingerprint density at radius 2 is 2.00 bits per heavy atom. The van der Waals surface area contributed by atoms with E-state index in [1.54, 1.807) is 11.3 Å². The maximum absolute atomic E-state index is 8.74. The molecule has 1 aromatic rings. The van der Waals surface area contributed by atoms with Gasteiger partial charge in [-0.05, 0) is 49.4 Å². The number of hydrogen-bond acceptors (Lipinski definition) is 3. The average Bonchev–Trinajstić information content (AvgIpc) is 2.86. The van der Waals surface area contributed by atoms with E-state index in [0.717, 1.165) is 17.3 Å². The van der Waals surface area contributed by atoms with Crippen LogP contribution in [0, 0.1) is 23.2 Å². The molecule has 2 heterocycles. The third kappa shape index (κ3) is 5.14. The molecular weight excluding hydrogens is 278 g/mol. The summed E-state index contributed by atoms with van der Waals surface area (Å²) < 4.78 is 0. The second-order valence-electron chi connectivity index (χ2n) is 6.96. The molecule has 2 rings (SSSR count). The maximum Gasteiger partial charge on any atom is 0.0771 e. The van der Waals surface area contributed by atoms with E-state index in [9.17, 15) is 0 Å². The van der Waals surface area contributed by atoms with Crippen LogP contribution in [0.15, 0.2) is 12.1 Å². The van der Waals surface area contributed by atoms with Gasteiger partial charge < -0.3 is 5.11 Å². The van der Waals surface area contributed by atoms with E-state index in [4.69, 9.17) is 5.11 Å². The summed E-state index contributed by atoms with van der Waals surface area (Å²) in [5.41, 5.74) is 0.449. The van der Waals surface area contributed by atoms with E-state index in [2.05, 4.69) is 49.6 Å². The first-order valence-electron chi connectivity index (χ1n) is 7.90. The molecule has 0 radical (unpaired) electrons. The van der Waals surface area contributed by atoms with Gasteiger partial charge in [-0.25, -0.2) is 0 Å². The van der Waals surface area contributed by atoms with Crippen molar-refractivity contribution in [2.45, 2.75) is 46.6 Å². The molecule has 0 spiro atoms. The molecule has 1 saturated heterocycles. The molecule has 1 aliphatic rings. The highest BCUT2D eigenvalue weighted by atomic mass is 32.1. The van der Waals surface area contributed by atoms with Crippen molar-refractivity contribution in [1.29, 1.82) is 0 Å². The largest absolute Gasteiger partial charge is 0.395 e. The summed E-state index contributed by atoms with van der Waals surface area (Å²) in [5.74, 6) is 6.97. The minimum atomic E-state index is 0.147. The van der Waals surface area contributed by atoms with Gasteiger partial charge in [0.25, 0.3) is 0 Å². The molecule has 0 amide bonds. The second kappa shape index (κ2) is 7.45. The quantitative estimate of drug-likeness (QED) is 0.860. The fourth-order valence-electron chi connectivity index (χ4n) is 2.91. The predicted octanol–water partition coefficient (Wildman–Crippen LogP) is 3.74. The summed E-state index contributed by atoms with van der Waals surface area (Å²) in [6.45, 7) is 10.7. The molecule has 0 saturated carbocycles. The van der Waals surface area contributed by atoms with Crippen molar-refractivity contribution in [3.63, 3.8) is 0 Å². The van der Waals surface area contributed by atoms with Crippen LogP contribution in [0.5, 0.6) is 0 Å². The van der Waals surface area contributed by atoms with E-state index < -0.39 is 0 Å². The van der Waals surface area contributed by atoms with Gasteiger partial charge in [0.2, 0.25) is 0 Å². The first kappa shape index (κ1) is 16.5. The van der Waals surface area contributed by atoms with Gasteiger partial charge in [0.05, 0.1) is 11.5 Å². The van der Waals surface area contributed by atoms with Gasteiger partial charge in [0.1, 0.15) is 0 Å². The third-order valence-electron chi connectivity index (χ3n) is 4.30. The van der Waals surface area contributed by atoms with Crippen LogP contribution in [0.25, 0.3) is 0 Å². The van der Waals surface area contributed by atoms with Crippen LogP contribution in [0.4, 0.5) is 0 Å².